The first-order valence-corrected chi connectivity index (χ1v) is 32.1. The summed E-state index contributed by atoms with van der Waals surface area (Å²) in [6.07, 6.45) is 72.1. The van der Waals surface area contributed by atoms with Gasteiger partial charge in [0.1, 0.15) is 6.61 Å². The predicted molar refractivity (Wildman–Crippen MR) is 307 cm³/mol. The van der Waals surface area contributed by atoms with E-state index in [0.29, 0.717) is 6.42 Å². The summed E-state index contributed by atoms with van der Waals surface area (Å²) in [5, 5.41) is 0. The fourth-order valence-corrected chi connectivity index (χ4v) is 9.64. The van der Waals surface area contributed by atoms with Crippen molar-refractivity contribution in [2.45, 2.75) is 309 Å². The molecule has 0 amide bonds. The Morgan fingerprint density at radius 1 is 0.417 bits per heavy atom. The number of hydrogen-bond acceptors (Lipinski definition) is 8. The van der Waals surface area contributed by atoms with E-state index in [1.165, 1.54) is 205 Å². The van der Waals surface area contributed by atoms with Gasteiger partial charge in [-0.15, -0.1) is 0 Å². The van der Waals surface area contributed by atoms with Crippen molar-refractivity contribution in [2.75, 3.05) is 26.4 Å². The number of unbranched alkanes of at least 4 members (excludes halogenated alkanes) is 37. The summed E-state index contributed by atoms with van der Waals surface area (Å²) < 4.78 is 32.9. The lowest BCUT2D eigenvalue weighted by molar-refractivity contribution is -0.161. The van der Waals surface area contributed by atoms with E-state index in [0.717, 1.165) is 64.2 Å². The smallest absolute Gasteiger partial charge is 0.462 e. The number of ether oxygens (including phenoxy) is 2. The third-order valence-corrected chi connectivity index (χ3v) is 14.4. The number of phosphoric acid groups is 1. The Labute approximate surface area is 445 Å². The van der Waals surface area contributed by atoms with Crippen LogP contribution < -0.4 is 5.73 Å². The summed E-state index contributed by atoms with van der Waals surface area (Å²) >= 11 is 0. The highest BCUT2D eigenvalue weighted by Crippen LogP contribution is 2.43. The zero-order chi connectivity index (χ0) is 52.4. The van der Waals surface area contributed by atoms with Crippen LogP contribution in [-0.4, -0.2) is 49.3 Å². The number of allylic oxidation sites excluding steroid dienone is 8. The summed E-state index contributed by atoms with van der Waals surface area (Å²) in [7, 11) is -4.38. The minimum absolute atomic E-state index is 0.0535. The number of phosphoric ester groups is 1. The van der Waals surface area contributed by atoms with Crippen molar-refractivity contribution in [1.82, 2.24) is 0 Å². The van der Waals surface area contributed by atoms with Gasteiger partial charge in [-0.25, -0.2) is 4.57 Å². The molecule has 0 saturated heterocycles. The Balaban J connectivity index is 3.74. The van der Waals surface area contributed by atoms with E-state index in [1.54, 1.807) is 0 Å². The second-order valence-corrected chi connectivity index (χ2v) is 22.0. The summed E-state index contributed by atoms with van der Waals surface area (Å²) in [6.45, 7) is 3.72. The number of esters is 2. The fraction of sp³-hybridized carbons (Fsp3) is 0.839. The highest BCUT2D eigenvalue weighted by atomic mass is 31.2. The SMILES string of the molecule is CCCCC/C=C\CCCCCCCC(=O)OCC(COP(=O)(O)OCCN)OC(=O)CCCCCCCCCCCCCCCCCCCCCCCCCC/C=C\C/C=C\C/C=C\CCCCCCC. The van der Waals surface area contributed by atoms with E-state index < -0.39 is 26.5 Å². The van der Waals surface area contributed by atoms with Crippen molar-refractivity contribution in [2.24, 2.45) is 5.73 Å². The van der Waals surface area contributed by atoms with Crippen LogP contribution in [0, 0.1) is 0 Å². The van der Waals surface area contributed by atoms with Crippen LogP contribution in [0.2, 0.25) is 0 Å². The molecule has 0 bridgehead atoms. The molecule has 0 heterocycles. The quantitative estimate of drug-likeness (QED) is 0.0264. The number of rotatable bonds is 58. The molecule has 0 radical (unpaired) electrons. The van der Waals surface area contributed by atoms with Crippen molar-refractivity contribution in [1.29, 1.82) is 0 Å². The van der Waals surface area contributed by atoms with Gasteiger partial charge >= 0.3 is 19.8 Å². The number of nitrogens with two attached hydrogens (primary N) is 1. The summed E-state index contributed by atoms with van der Waals surface area (Å²) in [6, 6.07) is 0. The molecule has 72 heavy (non-hydrogen) atoms. The van der Waals surface area contributed by atoms with Crippen molar-refractivity contribution in [3.8, 4) is 0 Å². The third-order valence-electron chi connectivity index (χ3n) is 13.4. The first-order valence-electron chi connectivity index (χ1n) is 30.6. The largest absolute Gasteiger partial charge is 0.472 e. The molecule has 2 unspecified atom stereocenters. The fourth-order valence-electron chi connectivity index (χ4n) is 8.88. The second-order valence-electron chi connectivity index (χ2n) is 20.6. The lowest BCUT2D eigenvalue weighted by atomic mass is 10.0. The average Bonchev–Trinajstić information content (AvgIpc) is 3.37. The van der Waals surface area contributed by atoms with Gasteiger partial charge in [-0.05, 0) is 77.0 Å². The summed E-state index contributed by atoms with van der Waals surface area (Å²) in [5.41, 5.74) is 5.37. The van der Waals surface area contributed by atoms with Crippen LogP contribution in [0.3, 0.4) is 0 Å². The molecular weight excluding hydrogens is 918 g/mol. The number of carbonyl (C=O) groups excluding carboxylic acids is 2. The molecule has 0 aliphatic heterocycles. The van der Waals surface area contributed by atoms with Gasteiger partial charge < -0.3 is 20.1 Å². The van der Waals surface area contributed by atoms with Crippen molar-refractivity contribution in [3.05, 3.63) is 48.6 Å². The number of hydrogen-bond donors (Lipinski definition) is 2. The average molecular weight is 1030 g/mol. The molecule has 0 aliphatic rings. The van der Waals surface area contributed by atoms with E-state index >= 15 is 0 Å². The molecule has 0 aromatic rings. The Bertz CT molecular complexity index is 1320. The minimum Gasteiger partial charge on any atom is -0.462 e. The molecular formula is C62H116NO8P. The van der Waals surface area contributed by atoms with Crippen LogP contribution in [0.5, 0.6) is 0 Å². The Morgan fingerprint density at radius 2 is 0.722 bits per heavy atom. The molecule has 2 atom stereocenters. The van der Waals surface area contributed by atoms with Crippen molar-refractivity contribution < 1.29 is 37.6 Å². The topological polar surface area (TPSA) is 134 Å². The van der Waals surface area contributed by atoms with Crippen LogP contribution in [0.25, 0.3) is 0 Å². The molecule has 0 spiro atoms. The van der Waals surface area contributed by atoms with Crippen LogP contribution >= 0.6 is 7.82 Å². The molecule has 10 heteroatoms. The molecule has 3 N–H and O–H groups in total. The normalized spacial score (nSPS) is 13.3. The van der Waals surface area contributed by atoms with Gasteiger partial charge in [-0.3, -0.25) is 18.6 Å². The van der Waals surface area contributed by atoms with E-state index in [1.807, 2.05) is 0 Å². The van der Waals surface area contributed by atoms with Crippen LogP contribution in [0.1, 0.15) is 303 Å². The maximum atomic E-state index is 12.7. The molecule has 0 aliphatic carbocycles. The molecule has 0 aromatic heterocycles. The van der Waals surface area contributed by atoms with Crippen LogP contribution in [0.15, 0.2) is 48.6 Å². The maximum Gasteiger partial charge on any atom is 0.472 e. The highest BCUT2D eigenvalue weighted by Gasteiger charge is 2.26. The Kier molecular flexibility index (Phi) is 56.6. The van der Waals surface area contributed by atoms with Gasteiger partial charge in [0.25, 0.3) is 0 Å². The van der Waals surface area contributed by atoms with Gasteiger partial charge in [0.2, 0.25) is 0 Å². The standard InChI is InChI=1S/C62H116NO8P/c1-3-5-7-9-11-13-15-17-18-19-20-21-22-23-24-25-26-27-28-29-30-31-32-33-34-35-36-37-38-39-40-41-42-43-45-47-49-51-53-55-62(65)71-60(59-70-72(66,67)69-57-56-63)58-68-61(64)54-52-50-48-46-44-16-14-12-10-8-6-4-2/h12,14-15,17,19-20,22-23,60H,3-11,13,16,18,21,24-59,63H2,1-2H3,(H,66,67)/b14-12-,17-15-,20-19-,23-22-. The van der Waals surface area contributed by atoms with Gasteiger partial charge in [0, 0.05) is 19.4 Å². The van der Waals surface area contributed by atoms with Crippen molar-refractivity contribution in [3.63, 3.8) is 0 Å². The molecule has 0 saturated carbocycles. The molecule has 422 valence electrons. The zero-order valence-corrected chi connectivity index (χ0v) is 48.1. The van der Waals surface area contributed by atoms with Gasteiger partial charge in [-0.1, -0.05) is 262 Å². The van der Waals surface area contributed by atoms with E-state index in [9.17, 15) is 19.0 Å². The second kappa shape index (κ2) is 58.2. The first-order chi connectivity index (χ1) is 35.3. The predicted octanol–water partition coefficient (Wildman–Crippen LogP) is 19.4. The lowest BCUT2D eigenvalue weighted by Gasteiger charge is -2.19. The Morgan fingerprint density at radius 3 is 1.11 bits per heavy atom. The van der Waals surface area contributed by atoms with Gasteiger partial charge in [0.15, 0.2) is 6.10 Å². The van der Waals surface area contributed by atoms with Crippen molar-refractivity contribution >= 4 is 19.8 Å². The first kappa shape index (κ1) is 70.0. The van der Waals surface area contributed by atoms with Crippen LogP contribution in [0.4, 0.5) is 0 Å². The van der Waals surface area contributed by atoms with Gasteiger partial charge in [0.05, 0.1) is 13.2 Å². The summed E-state index contributed by atoms with van der Waals surface area (Å²) in [5.74, 6) is -0.827. The van der Waals surface area contributed by atoms with Gasteiger partial charge in [-0.2, -0.15) is 0 Å². The minimum atomic E-state index is -4.38. The zero-order valence-electron chi connectivity index (χ0n) is 47.2. The van der Waals surface area contributed by atoms with Crippen LogP contribution in [-0.2, 0) is 32.7 Å². The number of carbonyl (C=O) groups is 2. The van der Waals surface area contributed by atoms with E-state index in [-0.39, 0.29) is 38.6 Å². The lowest BCUT2D eigenvalue weighted by Crippen LogP contribution is -2.29. The monoisotopic (exact) mass is 1030 g/mol. The third kappa shape index (κ3) is 57.3. The molecule has 0 aromatic carbocycles. The molecule has 9 nitrogen and oxygen atoms in total. The maximum absolute atomic E-state index is 12.7. The highest BCUT2D eigenvalue weighted by molar-refractivity contribution is 7.47. The molecule has 0 fully saturated rings. The van der Waals surface area contributed by atoms with E-state index in [2.05, 4.69) is 62.5 Å². The Hall–Kier alpha value is -2.03. The van der Waals surface area contributed by atoms with E-state index in [4.69, 9.17) is 24.3 Å². The molecule has 0 rings (SSSR count). The summed E-state index contributed by atoms with van der Waals surface area (Å²) in [4.78, 5) is 35.0.